The molecule has 3 saturated carbocycles. The van der Waals surface area contributed by atoms with E-state index in [4.69, 9.17) is 0 Å². The number of hydrogen-bond acceptors (Lipinski definition) is 2. The van der Waals surface area contributed by atoms with Gasteiger partial charge in [-0.15, -0.1) is 0 Å². The van der Waals surface area contributed by atoms with Crippen LogP contribution in [0.15, 0.2) is 12.2 Å². The Labute approximate surface area is 140 Å². The summed E-state index contributed by atoms with van der Waals surface area (Å²) < 4.78 is 0. The molecule has 0 unspecified atom stereocenters. The molecule has 3 fully saturated rings. The summed E-state index contributed by atoms with van der Waals surface area (Å²) in [5.41, 5.74) is -0.545. The number of ketones is 1. The number of carbonyl (C=O) groups excluding carboxylic acids is 1. The summed E-state index contributed by atoms with van der Waals surface area (Å²) in [5.74, 6) is 4.50. The first-order valence-electron chi connectivity index (χ1n) is 9.77. The molecule has 4 aliphatic rings. The van der Waals surface area contributed by atoms with Gasteiger partial charge in [0, 0.05) is 5.41 Å². The molecule has 0 radical (unpaired) electrons. The molecule has 23 heavy (non-hydrogen) atoms. The maximum atomic E-state index is 12.6. The third-order valence-electron chi connectivity index (χ3n) is 8.17. The van der Waals surface area contributed by atoms with E-state index < -0.39 is 5.60 Å². The van der Waals surface area contributed by atoms with E-state index in [1.807, 2.05) is 13.0 Å². The second-order valence-electron chi connectivity index (χ2n) is 9.63. The van der Waals surface area contributed by atoms with Gasteiger partial charge in [0.25, 0.3) is 0 Å². The average Bonchev–Trinajstić information content (AvgIpc) is 2.49. The van der Waals surface area contributed by atoms with E-state index in [9.17, 15) is 9.90 Å². The van der Waals surface area contributed by atoms with Gasteiger partial charge in [-0.05, 0) is 93.5 Å². The zero-order valence-electron chi connectivity index (χ0n) is 14.9. The van der Waals surface area contributed by atoms with Gasteiger partial charge in [0.2, 0.25) is 0 Å². The highest BCUT2D eigenvalue weighted by atomic mass is 16.3. The fourth-order valence-electron chi connectivity index (χ4n) is 7.14. The van der Waals surface area contributed by atoms with E-state index >= 15 is 0 Å². The second-order valence-corrected chi connectivity index (χ2v) is 9.63. The molecule has 128 valence electrons. The molecule has 4 aliphatic carbocycles. The summed E-state index contributed by atoms with van der Waals surface area (Å²) in [6, 6.07) is 0. The maximum Gasteiger partial charge on any atom is 0.161 e. The van der Waals surface area contributed by atoms with Crippen molar-refractivity contribution >= 4 is 5.78 Å². The van der Waals surface area contributed by atoms with Gasteiger partial charge in [0.05, 0.1) is 5.60 Å². The van der Waals surface area contributed by atoms with Crippen LogP contribution in [0.2, 0.25) is 0 Å². The Morgan fingerprint density at radius 2 is 1.78 bits per heavy atom. The first kappa shape index (κ1) is 15.9. The van der Waals surface area contributed by atoms with E-state index in [2.05, 4.69) is 19.9 Å². The number of rotatable bonds is 0. The summed E-state index contributed by atoms with van der Waals surface area (Å²) in [4.78, 5) is 12.6. The average molecular weight is 316 g/mol. The number of aliphatic hydroxyl groups is 1. The fraction of sp³-hybridized carbons (Fsp3) is 0.857. The maximum absolute atomic E-state index is 12.6. The predicted octanol–water partition coefficient (Wildman–Crippen LogP) is 4.37. The summed E-state index contributed by atoms with van der Waals surface area (Å²) in [7, 11) is 0. The Morgan fingerprint density at radius 3 is 2.57 bits per heavy atom. The van der Waals surface area contributed by atoms with Gasteiger partial charge in [-0.25, -0.2) is 0 Å². The molecule has 1 N–H and O–H groups in total. The highest BCUT2D eigenvalue weighted by molar-refractivity contribution is 5.95. The minimum atomic E-state index is -0.436. The molecule has 0 amide bonds. The van der Waals surface area contributed by atoms with Crippen molar-refractivity contribution in [2.24, 2.45) is 40.9 Å². The molecule has 2 nitrogen and oxygen atoms in total. The highest BCUT2D eigenvalue weighted by Gasteiger charge is 2.56. The first-order valence-corrected chi connectivity index (χ1v) is 9.77. The van der Waals surface area contributed by atoms with E-state index in [1.54, 1.807) is 0 Å². The summed E-state index contributed by atoms with van der Waals surface area (Å²) in [6.07, 6.45) is 12.0. The van der Waals surface area contributed by atoms with Crippen molar-refractivity contribution < 1.29 is 9.90 Å². The van der Waals surface area contributed by atoms with Crippen LogP contribution in [0.5, 0.6) is 0 Å². The second kappa shape index (κ2) is 5.18. The van der Waals surface area contributed by atoms with Gasteiger partial charge in [0.1, 0.15) is 0 Å². The molecular formula is C21H32O2. The lowest BCUT2D eigenvalue weighted by Crippen LogP contribution is -2.55. The van der Waals surface area contributed by atoms with E-state index in [1.165, 1.54) is 25.7 Å². The van der Waals surface area contributed by atoms with Gasteiger partial charge >= 0.3 is 0 Å². The molecule has 4 rings (SSSR count). The number of carbonyl (C=O) groups is 1. The smallest absolute Gasteiger partial charge is 0.161 e. The minimum Gasteiger partial charge on any atom is -0.390 e. The van der Waals surface area contributed by atoms with E-state index in [0.717, 1.165) is 42.9 Å². The monoisotopic (exact) mass is 316 g/mol. The number of hydrogen-bond donors (Lipinski definition) is 1. The Bertz CT molecular complexity index is 534. The summed E-state index contributed by atoms with van der Waals surface area (Å²) >= 11 is 0. The van der Waals surface area contributed by atoms with Crippen LogP contribution in [0, 0.1) is 40.9 Å². The van der Waals surface area contributed by atoms with Gasteiger partial charge in [-0.3, -0.25) is 4.79 Å². The van der Waals surface area contributed by atoms with Crippen LogP contribution < -0.4 is 0 Å². The SMILES string of the molecule is C[C@@H]1C=CC(=O)[C@@]2(C)CC[C@H]3[C@@H](CC[C@@H]4C[C@](C)(O)CC[C@@H]43)[C@H]12. The third-order valence-corrected chi connectivity index (χ3v) is 8.17. The zero-order chi connectivity index (χ0) is 16.4. The van der Waals surface area contributed by atoms with Crippen LogP contribution in [-0.4, -0.2) is 16.5 Å². The molecule has 0 aromatic heterocycles. The van der Waals surface area contributed by atoms with E-state index in [-0.39, 0.29) is 5.41 Å². The Morgan fingerprint density at radius 1 is 1.04 bits per heavy atom. The molecule has 8 atom stereocenters. The molecule has 2 heteroatoms. The molecule has 0 aromatic rings. The molecule has 0 aliphatic heterocycles. The largest absolute Gasteiger partial charge is 0.390 e. The van der Waals surface area contributed by atoms with Crippen LogP contribution in [0.1, 0.15) is 65.7 Å². The molecule has 0 heterocycles. The van der Waals surface area contributed by atoms with Gasteiger partial charge in [-0.2, -0.15) is 0 Å². The lowest BCUT2D eigenvalue weighted by Gasteiger charge is -2.58. The minimum absolute atomic E-state index is 0.109. The van der Waals surface area contributed by atoms with Gasteiger partial charge in [0.15, 0.2) is 5.78 Å². The van der Waals surface area contributed by atoms with Crippen LogP contribution in [0.3, 0.4) is 0 Å². The first-order chi connectivity index (χ1) is 10.8. The van der Waals surface area contributed by atoms with Crippen molar-refractivity contribution in [3.05, 3.63) is 12.2 Å². The Balaban J connectivity index is 1.62. The van der Waals surface area contributed by atoms with Gasteiger partial charge in [-0.1, -0.05) is 19.9 Å². The van der Waals surface area contributed by atoms with E-state index in [0.29, 0.717) is 17.6 Å². The molecule has 0 saturated heterocycles. The molecule has 0 spiro atoms. The van der Waals surface area contributed by atoms with Crippen molar-refractivity contribution in [2.75, 3.05) is 0 Å². The highest BCUT2D eigenvalue weighted by Crippen LogP contribution is 2.61. The van der Waals surface area contributed by atoms with Crippen molar-refractivity contribution in [1.29, 1.82) is 0 Å². The van der Waals surface area contributed by atoms with Crippen molar-refractivity contribution in [3.8, 4) is 0 Å². The number of allylic oxidation sites excluding steroid dienone is 2. The quantitative estimate of drug-likeness (QED) is 0.720. The lowest BCUT2D eigenvalue weighted by molar-refractivity contribution is -0.144. The fourth-order valence-corrected chi connectivity index (χ4v) is 7.14. The molecule has 0 aromatic carbocycles. The zero-order valence-corrected chi connectivity index (χ0v) is 14.9. The normalized spacial score (nSPS) is 55.7. The van der Waals surface area contributed by atoms with Crippen LogP contribution >= 0.6 is 0 Å². The standard InChI is InChI=1S/C21H32O2/c1-13-4-7-18(22)21(3)11-9-16-15-8-10-20(2,23)12-14(15)5-6-17(16)19(13)21/h4,7,13-17,19,23H,5-6,8-12H2,1-3H3/t13-,14-,15+,16-,17-,19+,20-,21-/m1/s1. The summed E-state index contributed by atoms with van der Waals surface area (Å²) in [6.45, 7) is 6.60. The van der Waals surface area contributed by atoms with Crippen molar-refractivity contribution in [3.63, 3.8) is 0 Å². The molecule has 0 bridgehead atoms. The Kier molecular flexibility index (Phi) is 3.58. The summed E-state index contributed by atoms with van der Waals surface area (Å²) in [5, 5.41) is 10.5. The van der Waals surface area contributed by atoms with Crippen LogP contribution in [0.4, 0.5) is 0 Å². The van der Waals surface area contributed by atoms with Crippen molar-refractivity contribution in [1.82, 2.24) is 0 Å². The van der Waals surface area contributed by atoms with Crippen LogP contribution in [0.25, 0.3) is 0 Å². The topological polar surface area (TPSA) is 37.3 Å². The lowest BCUT2D eigenvalue weighted by atomic mass is 9.46. The molecular weight excluding hydrogens is 284 g/mol. The van der Waals surface area contributed by atoms with Gasteiger partial charge < -0.3 is 5.11 Å². The van der Waals surface area contributed by atoms with Crippen LogP contribution in [-0.2, 0) is 4.79 Å². The Hall–Kier alpha value is -0.630. The van der Waals surface area contributed by atoms with Crippen molar-refractivity contribution in [2.45, 2.75) is 71.3 Å². The predicted molar refractivity (Wildman–Crippen MR) is 91.8 cm³/mol. The number of fused-ring (bicyclic) bond motifs is 5. The third kappa shape index (κ3) is 2.35.